The second-order valence-electron chi connectivity index (χ2n) is 6.73. The maximum atomic E-state index is 5.79. The summed E-state index contributed by atoms with van der Waals surface area (Å²) in [6.07, 6.45) is 3.82. The molecule has 106 valence electrons. The van der Waals surface area contributed by atoms with E-state index in [9.17, 15) is 0 Å². The molecule has 0 bridgehead atoms. The highest BCUT2D eigenvalue weighted by Gasteiger charge is 2.32. The average molecular weight is 261 g/mol. The van der Waals surface area contributed by atoms with E-state index in [1.54, 1.807) is 7.11 Å². The zero-order valence-corrected chi connectivity index (χ0v) is 12.7. The Morgan fingerprint density at radius 1 is 1.32 bits per heavy atom. The fourth-order valence-electron chi connectivity index (χ4n) is 2.90. The van der Waals surface area contributed by atoms with E-state index in [2.05, 4.69) is 39.0 Å². The highest BCUT2D eigenvalue weighted by molar-refractivity contribution is 5.43. The number of methoxy groups -OCH3 is 1. The molecule has 0 aromatic heterocycles. The third-order valence-corrected chi connectivity index (χ3v) is 4.13. The van der Waals surface area contributed by atoms with Crippen LogP contribution >= 0.6 is 0 Å². The first-order valence-corrected chi connectivity index (χ1v) is 7.36. The smallest absolute Gasteiger partial charge is 0.122 e. The number of rotatable bonds is 5. The van der Waals surface area contributed by atoms with Gasteiger partial charge in [0.05, 0.1) is 7.11 Å². The van der Waals surface area contributed by atoms with Gasteiger partial charge in [0.25, 0.3) is 0 Å². The molecule has 1 saturated carbocycles. The molecule has 19 heavy (non-hydrogen) atoms. The summed E-state index contributed by atoms with van der Waals surface area (Å²) in [7, 11) is 1.75. The fourth-order valence-corrected chi connectivity index (χ4v) is 2.90. The van der Waals surface area contributed by atoms with Gasteiger partial charge in [-0.05, 0) is 60.3 Å². The molecule has 0 amide bonds. The van der Waals surface area contributed by atoms with Gasteiger partial charge in [0.15, 0.2) is 0 Å². The molecule has 1 aromatic carbocycles. The van der Waals surface area contributed by atoms with Crippen molar-refractivity contribution in [2.45, 2.75) is 51.4 Å². The highest BCUT2D eigenvalue weighted by Crippen LogP contribution is 2.45. The number of benzene rings is 1. The lowest BCUT2D eigenvalue weighted by molar-refractivity contribution is 0.396. The van der Waals surface area contributed by atoms with Crippen molar-refractivity contribution >= 4 is 0 Å². The van der Waals surface area contributed by atoms with Gasteiger partial charge in [-0.2, -0.15) is 0 Å². The maximum absolute atomic E-state index is 5.79. The lowest BCUT2D eigenvalue weighted by Gasteiger charge is -2.25. The first-order valence-electron chi connectivity index (χ1n) is 7.36. The van der Waals surface area contributed by atoms with Crippen LogP contribution < -0.4 is 10.5 Å². The second-order valence-corrected chi connectivity index (χ2v) is 6.73. The third-order valence-electron chi connectivity index (χ3n) is 4.13. The monoisotopic (exact) mass is 261 g/mol. The topological polar surface area (TPSA) is 35.2 Å². The van der Waals surface area contributed by atoms with Gasteiger partial charge in [-0.25, -0.2) is 0 Å². The molecule has 2 rings (SSSR count). The van der Waals surface area contributed by atoms with Crippen molar-refractivity contribution in [2.75, 3.05) is 13.7 Å². The van der Waals surface area contributed by atoms with Crippen LogP contribution in [0.5, 0.6) is 5.75 Å². The number of nitrogens with two attached hydrogens (primary N) is 1. The molecular formula is C17H27NO. The first-order chi connectivity index (χ1) is 8.97. The molecule has 0 spiro atoms. The molecule has 2 N–H and O–H groups in total. The van der Waals surface area contributed by atoms with Crippen LogP contribution in [0.15, 0.2) is 18.2 Å². The Morgan fingerprint density at radius 3 is 2.47 bits per heavy atom. The zero-order chi connectivity index (χ0) is 14.0. The van der Waals surface area contributed by atoms with E-state index in [4.69, 9.17) is 10.5 Å². The molecule has 1 atom stereocenters. The van der Waals surface area contributed by atoms with Crippen molar-refractivity contribution in [3.63, 3.8) is 0 Å². The SMILES string of the molecule is COc1ccc(C(CCN)C2CC2)cc1C(C)(C)C. The number of hydrogen-bond donors (Lipinski definition) is 1. The van der Waals surface area contributed by atoms with Crippen molar-refractivity contribution in [3.8, 4) is 5.75 Å². The summed E-state index contributed by atoms with van der Waals surface area (Å²) in [5.41, 5.74) is 8.64. The molecule has 0 saturated heterocycles. The van der Waals surface area contributed by atoms with Gasteiger partial charge < -0.3 is 10.5 Å². The van der Waals surface area contributed by atoms with E-state index in [0.29, 0.717) is 5.92 Å². The lowest BCUT2D eigenvalue weighted by atomic mass is 9.82. The van der Waals surface area contributed by atoms with Crippen LogP contribution in [0.25, 0.3) is 0 Å². The molecule has 0 radical (unpaired) electrons. The van der Waals surface area contributed by atoms with Crippen LogP contribution in [-0.4, -0.2) is 13.7 Å². The fraction of sp³-hybridized carbons (Fsp3) is 0.647. The lowest BCUT2D eigenvalue weighted by Crippen LogP contribution is -2.15. The molecule has 2 heteroatoms. The van der Waals surface area contributed by atoms with Gasteiger partial charge in [0.1, 0.15) is 5.75 Å². The van der Waals surface area contributed by atoms with Gasteiger partial charge in [-0.3, -0.25) is 0 Å². The number of hydrogen-bond acceptors (Lipinski definition) is 2. The van der Waals surface area contributed by atoms with E-state index < -0.39 is 0 Å². The molecule has 1 fully saturated rings. The summed E-state index contributed by atoms with van der Waals surface area (Å²) in [5.74, 6) is 2.49. The Kier molecular flexibility index (Phi) is 4.19. The largest absolute Gasteiger partial charge is 0.496 e. The molecule has 2 nitrogen and oxygen atoms in total. The van der Waals surface area contributed by atoms with E-state index in [-0.39, 0.29) is 5.41 Å². The minimum absolute atomic E-state index is 0.109. The third kappa shape index (κ3) is 3.30. The summed E-state index contributed by atoms with van der Waals surface area (Å²) in [6.45, 7) is 7.50. The molecule has 1 aliphatic carbocycles. The maximum Gasteiger partial charge on any atom is 0.122 e. The molecule has 1 unspecified atom stereocenters. The minimum atomic E-state index is 0.109. The van der Waals surface area contributed by atoms with Crippen molar-refractivity contribution in [3.05, 3.63) is 29.3 Å². The van der Waals surface area contributed by atoms with Crippen molar-refractivity contribution < 1.29 is 4.74 Å². The first kappa shape index (κ1) is 14.4. The minimum Gasteiger partial charge on any atom is -0.496 e. The highest BCUT2D eigenvalue weighted by atomic mass is 16.5. The van der Waals surface area contributed by atoms with Gasteiger partial charge in [0, 0.05) is 0 Å². The summed E-state index contributed by atoms with van der Waals surface area (Å²) >= 11 is 0. The summed E-state index contributed by atoms with van der Waals surface area (Å²) < 4.78 is 5.52. The van der Waals surface area contributed by atoms with E-state index in [1.807, 2.05) is 0 Å². The Balaban J connectivity index is 2.36. The zero-order valence-electron chi connectivity index (χ0n) is 12.7. The predicted molar refractivity (Wildman–Crippen MR) is 80.8 cm³/mol. The molecule has 0 aliphatic heterocycles. The normalized spacial score (nSPS) is 17.3. The van der Waals surface area contributed by atoms with Crippen molar-refractivity contribution in [1.29, 1.82) is 0 Å². The molecule has 1 aromatic rings. The number of ether oxygens (including phenoxy) is 1. The van der Waals surface area contributed by atoms with Crippen molar-refractivity contribution in [2.24, 2.45) is 11.7 Å². The molecule has 1 aliphatic rings. The van der Waals surface area contributed by atoms with Crippen LogP contribution in [0, 0.1) is 5.92 Å². The van der Waals surface area contributed by atoms with Crippen LogP contribution in [0.1, 0.15) is 57.1 Å². The van der Waals surface area contributed by atoms with Crippen molar-refractivity contribution in [1.82, 2.24) is 0 Å². The second kappa shape index (κ2) is 5.54. The van der Waals surface area contributed by atoms with E-state index in [0.717, 1.165) is 24.6 Å². The van der Waals surface area contributed by atoms with Gasteiger partial charge in [-0.1, -0.05) is 32.9 Å². The Morgan fingerprint density at radius 2 is 2.00 bits per heavy atom. The van der Waals surface area contributed by atoms with Gasteiger partial charge in [0.2, 0.25) is 0 Å². The molecule has 0 heterocycles. The van der Waals surface area contributed by atoms with Crippen LogP contribution in [0.3, 0.4) is 0 Å². The Bertz CT molecular complexity index is 429. The van der Waals surface area contributed by atoms with E-state index in [1.165, 1.54) is 24.0 Å². The summed E-state index contributed by atoms with van der Waals surface area (Å²) in [6, 6.07) is 6.70. The predicted octanol–water partition coefficient (Wildman–Crippen LogP) is 3.84. The van der Waals surface area contributed by atoms with Gasteiger partial charge >= 0.3 is 0 Å². The summed E-state index contributed by atoms with van der Waals surface area (Å²) in [5, 5.41) is 0. The Hall–Kier alpha value is -1.02. The van der Waals surface area contributed by atoms with Crippen LogP contribution in [-0.2, 0) is 5.41 Å². The quantitative estimate of drug-likeness (QED) is 0.874. The standard InChI is InChI=1S/C17H27NO/c1-17(2,3)15-11-13(7-8-16(15)19-4)14(9-10-18)12-5-6-12/h7-8,11-12,14H,5-6,9-10,18H2,1-4H3. The Labute approximate surface area is 117 Å². The van der Waals surface area contributed by atoms with Crippen LogP contribution in [0.4, 0.5) is 0 Å². The van der Waals surface area contributed by atoms with Gasteiger partial charge in [-0.15, -0.1) is 0 Å². The average Bonchev–Trinajstić information content (AvgIpc) is 3.18. The van der Waals surface area contributed by atoms with Crippen LogP contribution in [0.2, 0.25) is 0 Å². The van der Waals surface area contributed by atoms with E-state index >= 15 is 0 Å². The molecular weight excluding hydrogens is 234 g/mol. The summed E-state index contributed by atoms with van der Waals surface area (Å²) in [4.78, 5) is 0.